The molecule has 4 aromatic rings. The maximum absolute atomic E-state index is 11.9. The van der Waals surface area contributed by atoms with Crippen molar-refractivity contribution in [2.75, 3.05) is 0 Å². The molecule has 0 aliphatic rings. The maximum Gasteiger partial charge on any atom is 0.238 e. The number of aromatic amines is 1. The van der Waals surface area contributed by atoms with E-state index in [1.54, 1.807) is 30.3 Å². The molecule has 0 saturated carbocycles. The molecule has 0 radical (unpaired) electrons. The SMILES string of the molecule is NS(=O)(=O)c1ccccc1-c1ccc2[nH]c(COc3cccc(Cl)c3)nc2c1. The molecule has 0 unspecified atom stereocenters. The molecule has 3 aromatic carbocycles. The molecule has 0 aliphatic carbocycles. The lowest BCUT2D eigenvalue weighted by molar-refractivity contribution is 0.297. The monoisotopic (exact) mass is 413 g/mol. The molecule has 0 atom stereocenters. The topological polar surface area (TPSA) is 98.1 Å². The maximum atomic E-state index is 11.9. The number of hydrogen-bond donors (Lipinski definition) is 2. The van der Waals surface area contributed by atoms with Crippen LogP contribution in [0.4, 0.5) is 0 Å². The van der Waals surface area contributed by atoms with Gasteiger partial charge < -0.3 is 9.72 Å². The highest BCUT2D eigenvalue weighted by Gasteiger charge is 2.15. The zero-order valence-corrected chi connectivity index (χ0v) is 16.2. The number of aromatic nitrogens is 2. The van der Waals surface area contributed by atoms with E-state index in [9.17, 15) is 8.42 Å². The third-order valence-electron chi connectivity index (χ3n) is 4.21. The van der Waals surface area contributed by atoms with Gasteiger partial charge in [-0.2, -0.15) is 0 Å². The first-order valence-corrected chi connectivity index (χ1v) is 10.3. The second-order valence-corrected chi connectivity index (χ2v) is 8.17. The van der Waals surface area contributed by atoms with Crippen molar-refractivity contribution in [1.29, 1.82) is 0 Å². The van der Waals surface area contributed by atoms with E-state index in [0.29, 0.717) is 33.2 Å². The highest BCUT2D eigenvalue weighted by molar-refractivity contribution is 7.89. The lowest BCUT2D eigenvalue weighted by Gasteiger charge is -2.07. The fraction of sp³-hybridized carbons (Fsp3) is 0.0500. The Hall–Kier alpha value is -2.87. The number of hydrogen-bond acceptors (Lipinski definition) is 4. The second-order valence-electron chi connectivity index (χ2n) is 6.20. The van der Waals surface area contributed by atoms with Gasteiger partial charge in [0.25, 0.3) is 0 Å². The summed E-state index contributed by atoms with van der Waals surface area (Å²) in [4.78, 5) is 7.80. The minimum atomic E-state index is -3.83. The van der Waals surface area contributed by atoms with E-state index in [-0.39, 0.29) is 11.5 Å². The van der Waals surface area contributed by atoms with Crippen molar-refractivity contribution in [2.45, 2.75) is 11.5 Å². The Balaban J connectivity index is 1.64. The average Bonchev–Trinajstić information content (AvgIpc) is 3.08. The van der Waals surface area contributed by atoms with Crippen LogP contribution in [-0.4, -0.2) is 18.4 Å². The van der Waals surface area contributed by atoms with Crippen molar-refractivity contribution < 1.29 is 13.2 Å². The molecule has 3 N–H and O–H groups in total. The Labute approximate surface area is 167 Å². The van der Waals surface area contributed by atoms with Gasteiger partial charge in [-0.1, -0.05) is 41.9 Å². The van der Waals surface area contributed by atoms with Gasteiger partial charge in [-0.25, -0.2) is 18.5 Å². The number of nitrogens with one attached hydrogen (secondary N) is 1. The lowest BCUT2D eigenvalue weighted by Crippen LogP contribution is -2.13. The number of rotatable bonds is 5. The van der Waals surface area contributed by atoms with Crippen LogP contribution in [0.2, 0.25) is 5.02 Å². The highest BCUT2D eigenvalue weighted by atomic mass is 35.5. The smallest absolute Gasteiger partial charge is 0.238 e. The minimum absolute atomic E-state index is 0.0781. The molecule has 8 heteroatoms. The molecule has 1 aromatic heterocycles. The number of sulfonamides is 1. The largest absolute Gasteiger partial charge is 0.486 e. The van der Waals surface area contributed by atoms with Crippen LogP contribution in [0.25, 0.3) is 22.2 Å². The Morgan fingerprint density at radius 1 is 1.04 bits per heavy atom. The third-order valence-corrected chi connectivity index (χ3v) is 5.41. The summed E-state index contributed by atoms with van der Waals surface area (Å²) in [6, 6.07) is 19.2. The molecule has 6 nitrogen and oxygen atoms in total. The number of imidazole rings is 1. The molecular weight excluding hydrogens is 398 g/mol. The van der Waals surface area contributed by atoms with Crippen LogP contribution in [0.3, 0.4) is 0 Å². The van der Waals surface area contributed by atoms with Crippen LogP contribution in [-0.2, 0) is 16.6 Å². The number of fused-ring (bicyclic) bond motifs is 1. The van der Waals surface area contributed by atoms with Crippen molar-refractivity contribution in [3.8, 4) is 16.9 Å². The van der Waals surface area contributed by atoms with Gasteiger partial charge in [-0.15, -0.1) is 0 Å². The van der Waals surface area contributed by atoms with Gasteiger partial charge in [0.15, 0.2) is 0 Å². The highest BCUT2D eigenvalue weighted by Crippen LogP contribution is 2.29. The first-order chi connectivity index (χ1) is 13.4. The van der Waals surface area contributed by atoms with Gasteiger partial charge in [0.2, 0.25) is 10.0 Å². The Morgan fingerprint density at radius 3 is 2.64 bits per heavy atom. The number of nitrogens with two attached hydrogens (primary N) is 1. The number of halogens is 1. The van der Waals surface area contributed by atoms with E-state index in [2.05, 4.69) is 9.97 Å². The first-order valence-electron chi connectivity index (χ1n) is 8.39. The van der Waals surface area contributed by atoms with E-state index in [4.69, 9.17) is 21.5 Å². The second kappa shape index (κ2) is 7.27. The average molecular weight is 414 g/mol. The third kappa shape index (κ3) is 3.87. The summed E-state index contributed by atoms with van der Waals surface area (Å²) in [5.74, 6) is 1.29. The molecule has 142 valence electrons. The first kappa shape index (κ1) is 18.5. The van der Waals surface area contributed by atoms with Gasteiger partial charge in [-0.3, -0.25) is 0 Å². The van der Waals surface area contributed by atoms with Crippen LogP contribution in [0, 0.1) is 0 Å². The van der Waals surface area contributed by atoms with Gasteiger partial charge >= 0.3 is 0 Å². The fourth-order valence-electron chi connectivity index (χ4n) is 2.96. The summed E-state index contributed by atoms with van der Waals surface area (Å²) in [5.41, 5.74) is 2.77. The molecule has 28 heavy (non-hydrogen) atoms. The number of ether oxygens (including phenoxy) is 1. The molecule has 0 saturated heterocycles. The number of primary sulfonamides is 1. The Bertz CT molecular complexity index is 1270. The van der Waals surface area contributed by atoms with Crippen LogP contribution in [0.1, 0.15) is 5.82 Å². The van der Waals surface area contributed by atoms with Crippen molar-refractivity contribution >= 4 is 32.7 Å². The van der Waals surface area contributed by atoms with Gasteiger partial charge in [0.05, 0.1) is 15.9 Å². The molecule has 0 fully saturated rings. The standard InChI is InChI=1S/C20H16ClN3O3S/c21-14-4-3-5-15(11-14)27-12-20-23-17-9-8-13(10-18(17)24-20)16-6-1-2-7-19(16)28(22,25)26/h1-11H,12H2,(H,23,24)(H2,22,25,26). The van der Waals surface area contributed by atoms with Crippen molar-refractivity contribution in [3.63, 3.8) is 0 Å². The van der Waals surface area contributed by atoms with E-state index < -0.39 is 10.0 Å². The molecule has 0 aliphatic heterocycles. The molecular formula is C20H16ClN3O3S. The van der Waals surface area contributed by atoms with Crippen molar-refractivity contribution in [2.24, 2.45) is 5.14 Å². The summed E-state index contributed by atoms with van der Waals surface area (Å²) in [7, 11) is -3.83. The van der Waals surface area contributed by atoms with Crippen molar-refractivity contribution in [3.05, 3.63) is 77.6 Å². The summed E-state index contributed by atoms with van der Waals surface area (Å²) in [5, 5.41) is 5.94. The van der Waals surface area contributed by atoms with Gasteiger partial charge in [0.1, 0.15) is 18.2 Å². The summed E-state index contributed by atoms with van der Waals surface area (Å²) in [6.45, 7) is 0.248. The zero-order valence-electron chi connectivity index (χ0n) is 14.6. The van der Waals surface area contributed by atoms with Crippen LogP contribution in [0.5, 0.6) is 5.75 Å². The van der Waals surface area contributed by atoms with E-state index in [1.165, 1.54) is 6.07 Å². The zero-order chi connectivity index (χ0) is 19.7. The summed E-state index contributed by atoms with van der Waals surface area (Å²) in [6.07, 6.45) is 0. The molecule has 0 bridgehead atoms. The minimum Gasteiger partial charge on any atom is -0.486 e. The van der Waals surface area contributed by atoms with Crippen molar-refractivity contribution in [1.82, 2.24) is 9.97 Å². The van der Waals surface area contributed by atoms with E-state index in [0.717, 1.165) is 5.52 Å². The van der Waals surface area contributed by atoms with Gasteiger partial charge in [-0.05, 0) is 42.0 Å². The molecule has 0 amide bonds. The van der Waals surface area contributed by atoms with E-state index in [1.807, 2.05) is 30.3 Å². The fourth-order valence-corrected chi connectivity index (χ4v) is 3.90. The van der Waals surface area contributed by atoms with Crippen LogP contribution in [0.15, 0.2) is 71.6 Å². The normalized spacial score (nSPS) is 11.6. The quantitative estimate of drug-likeness (QED) is 0.514. The Kier molecular flexibility index (Phi) is 4.80. The van der Waals surface area contributed by atoms with Crippen LogP contribution < -0.4 is 9.88 Å². The number of nitrogens with zero attached hydrogens (tertiary/aromatic N) is 1. The summed E-state index contributed by atoms with van der Waals surface area (Å²) >= 11 is 5.96. The number of benzene rings is 3. The lowest BCUT2D eigenvalue weighted by atomic mass is 10.1. The summed E-state index contributed by atoms with van der Waals surface area (Å²) < 4.78 is 29.4. The predicted molar refractivity (Wildman–Crippen MR) is 109 cm³/mol. The van der Waals surface area contributed by atoms with Gasteiger partial charge in [0, 0.05) is 10.6 Å². The predicted octanol–water partition coefficient (Wildman–Crippen LogP) is 4.11. The van der Waals surface area contributed by atoms with Crippen LogP contribution >= 0.6 is 11.6 Å². The molecule has 0 spiro atoms. The molecule has 4 rings (SSSR count). The molecule has 1 heterocycles. The Morgan fingerprint density at radius 2 is 1.86 bits per heavy atom. The number of H-pyrrole nitrogens is 1. The van der Waals surface area contributed by atoms with E-state index >= 15 is 0 Å².